The van der Waals surface area contributed by atoms with Gasteiger partial charge in [-0.2, -0.15) is 0 Å². The normalized spacial score (nSPS) is 12.9. The summed E-state index contributed by atoms with van der Waals surface area (Å²) in [5.74, 6) is -6.36. The monoisotopic (exact) mass is 257 g/mol. The summed E-state index contributed by atoms with van der Waals surface area (Å²) in [6, 6.07) is 0. The molecule has 0 aliphatic carbocycles. The molecular weight excluding hydrogens is 247 g/mol. The molecule has 0 fully saturated rings. The average Bonchev–Trinajstić information content (AvgIpc) is 2.13. The first-order valence-electron chi connectivity index (χ1n) is 4.28. The molecule has 0 spiro atoms. The number of carboxylic acid groups (broad SMARTS) is 4. The SMILES string of the molecule is O=C(O)CC(OC(CC(=O)O)C(=O)O)C(=O)O.[Li]. The minimum atomic E-state index is -1.91. The van der Waals surface area contributed by atoms with E-state index < -0.39 is 48.9 Å². The van der Waals surface area contributed by atoms with Crippen LogP contribution in [0.4, 0.5) is 0 Å². The van der Waals surface area contributed by atoms with Crippen LogP contribution >= 0.6 is 0 Å². The maximum atomic E-state index is 10.6. The number of rotatable bonds is 8. The van der Waals surface area contributed by atoms with Gasteiger partial charge in [0.05, 0.1) is 12.8 Å². The molecule has 0 bridgehead atoms. The first-order valence-corrected chi connectivity index (χ1v) is 4.28. The Balaban J connectivity index is 0. The third-order valence-electron chi connectivity index (χ3n) is 1.60. The predicted molar refractivity (Wildman–Crippen MR) is 54.2 cm³/mol. The quantitative estimate of drug-likeness (QED) is 0.378. The summed E-state index contributed by atoms with van der Waals surface area (Å²) >= 11 is 0. The van der Waals surface area contributed by atoms with Crippen LogP contribution in [-0.2, 0) is 23.9 Å². The second-order valence-electron chi connectivity index (χ2n) is 2.99. The smallest absolute Gasteiger partial charge is 0.333 e. The zero-order valence-corrected chi connectivity index (χ0v) is 9.40. The minimum Gasteiger partial charge on any atom is -0.481 e. The van der Waals surface area contributed by atoms with E-state index in [-0.39, 0.29) is 18.9 Å². The Bertz CT molecular complexity index is 307. The summed E-state index contributed by atoms with van der Waals surface area (Å²) in [4.78, 5) is 41.7. The van der Waals surface area contributed by atoms with Crippen molar-refractivity contribution in [1.29, 1.82) is 0 Å². The molecule has 9 nitrogen and oxygen atoms in total. The van der Waals surface area contributed by atoms with Crippen molar-refractivity contribution in [1.82, 2.24) is 0 Å². The van der Waals surface area contributed by atoms with Crippen molar-refractivity contribution >= 4 is 42.7 Å². The molecule has 0 heterocycles. The van der Waals surface area contributed by atoms with Crippen LogP contribution in [0.5, 0.6) is 0 Å². The van der Waals surface area contributed by atoms with Gasteiger partial charge in [-0.05, 0) is 0 Å². The van der Waals surface area contributed by atoms with Crippen LogP contribution < -0.4 is 0 Å². The Morgan fingerprint density at radius 3 is 1.22 bits per heavy atom. The Labute approximate surface area is 113 Å². The summed E-state index contributed by atoms with van der Waals surface area (Å²) in [5, 5.41) is 33.8. The fourth-order valence-corrected chi connectivity index (χ4v) is 0.903. The standard InChI is InChI=1S/C8H10O9.Li/c9-5(10)1-3(7(13)14)17-4(8(15)16)2-6(11)12;/h3-4H,1-2H2,(H,9,10)(H,11,12)(H,13,14)(H,15,16);. The van der Waals surface area contributed by atoms with Crippen LogP contribution in [-0.4, -0.2) is 75.4 Å². The van der Waals surface area contributed by atoms with Gasteiger partial charge < -0.3 is 25.2 Å². The van der Waals surface area contributed by atoms with Crippen molar-refractivity contribution < 1.29 is 44.3 Å². The zero-order chi connectivity index (χ0) is 13.6. The number of hydrogen-bond acceptors (Lipinski definition) is 5. The van der Waals surface area contributed by atoms with Gasteiger partial charge in [0.1, 0.15) is 0 Å². The average molecular weight is 257 g/mol. The molecule has 0 saturated heterocycles. The van der Waals surface area contributed by atoms with Crippen molar-refractivity contribution in [2.24, 2.45) is 0 Å². The van der Waals surface area contributed by atoms with Gasteiger partial charge in [0.15, 0.2) is 12.2 Å². The molecule has 0 aromatic heterocycles. The van der Waals surface area contributed by atoms with Crippen LogP contribution in [0.1, 0.15) is 12.8 Å². The van der Waals surface area contributed by atoms with E-state index in [0.29, 0.717) is 0 Å². The number of carbonyl (C=O) groups is 4. The molecule has 0 rings (SSSR count). The van der Waals surface area contributed by atoms with Gasteiger partial charge in [0, 0.05) is 18.9 Å². The molecule has 0 aliphatic rings. The van der Waals surface area contributed by atoms with E-state index >= 15 is 0 Å². The fraction of sp³-hybridized carbons (Fsp3) is 0.500. The maximum Gasteiger partial charge on any atom is 0.333 e. The molecule has 1 radical (unpaired) electrons. The van der Waals surface area contributed by atoms with Crippen molar-refractivity contribution in [2.45, 2.75) is 25.0 Å². The Kier molecular flexibility index (Phi) is 8.89. The van der Waals surface area contributed by atoms with Gasteiger partial charge in [-0.1, -0.05) is 0 Å². The number of ether oxygens (including phenoxy) is 1. The predicted octanol–water partition coefficient (Wildman–Crippen LogP) is -1.52. The molecule has 4 N–H and O–H groups in total. The van der Waals surface area contributed by atoms with Crippen LogP contribution in [0.3, 0.4) is 0 Å². The van der Waals surface area contributed by atoms with Crippen LogP contribution in [0.15, 0.2) is 0 Å². The molecular formula is C8H10LiO9. The summed E-state index contributed by atoms with van der Waals surface area (Å²) in [6.07, 6.45) is -5.74. The Morgan fingerprint density at radius 1 is 0.778 bits per heavy atom. The van der Waals surface area contributed by atoms with Crippen molar-refractivity contribution in [3.05, 3.63) is 0 Å². The molecule has 0 saturated carbocycles. The van der Waals surface area contributed by atoms with Crippen molar-refractivity contribution in [2.75, 3.05) is 0 Å². The molecule has 0 aliphatic heterocycles. The topological polar surface area (TPSA) is 158 Å². The number of hydrogen-bond donors (Lipinski definition) is 4. The van der Waals surface area contributed by atoms with E-state index in [9.17, 15) is 19.2 Å². The Hall–Kier alpha value is -1.56. The van der Waals surface area contributed by atoms with Gasteiger partial charge in [-0.15, -0.1) is 0 Å². The van der Waals surface area contributed by atoms with E-state index in [4.69, 9.17) is 20.4 Å². The number of aliphatic carboxylic acids is 4. The van der Waals surface area contributed by atoms with E-state index in [2.05, 4.69) is 4.74 Å². The zero-order valence-electron chi connectivity index (χ0n) is 9.40. The maximum absolute atomic E-state index is 10.6. The molecule has 18 heavy (non-hydrogen) atoms. The molecule has 10 heteroatoms. The summed E-state index contributed by atoms with van der Waals surface area (Å²) in [5.41, 5.74) is 0. The third kappa shape index (κ3) is 7.67. The van der Waals surface area contributed by atoms with Gasteiger partial charge in [-0.3, -0.25) is 9.59 Å². The van der Waals surface area contributed by atoms with E-state index in [1.165, 1.54) is 0 Å². The molecule has 0 aromatic rings. The van der Waals surface area contributed by atoms with Gasteiger partial charge >= 0.3 is 23.9 Å². The summed E-state index contributed by atoms with van der Waals surface area (Å²) in [7, 11) is 0. The van der Waals surface area contributed by atoms with Crippen LogP contribution in [0.2, 0.25) is 0 Å². The second kappa shape index (κ2) is 8.52. The van der Waals surface area contributed by atoms with E-state index in [1.807, 2.05) is 0 Å². The Morgan fingerprint density at radius 2 is 1.06 bits per heavy atom. The second-order valence-corrected chi connectivity index (χ2v) is 2.99. The summed E-state index contributed by atoms with van der Waals surface area (Å²) in [6.45, 7) is 0. The molecule has 2 atom stereocenters. The molecule has 0 aromatic carbocycles. The van der Waals surface area contributed by atoms with Gasteiger partial charge in [0.2, 0.25) is 0 Å². The molecule has 2 unspecified atom stereocenters. The fourth-order valence-electron chi connectivity index (χ4n) is 0.903. The van der Waals surface area contributed by atoms with Crippen molar-refractivity contribution in [3.8, 4) is 0 Å². The third-order valence-corrected chi connectivity index (χ3v) is 1.60. The first kappa shape index (κ1) is 18.8. The minimum absolute atomic E-state index is 0. The largest absolute Gasteiger partial charge is 0.481 e. The molecule has 97 valence electrons. The first-order chi connectivity index (χ1) is 7.73. The number of carboxylic acids is 4. The van der Waals surface area contributed by atoms with Crippen LogP contribution in [0.25, 0.3) is 0 Å². The van der Waals surface area contributed by atoms with Gasteiger partial charge in [0.25, 0.3) is 0 Å². The molecule has 0 amide bonds. The van der Waals surface area contributed by atoms with E-state index in [0.717, 1.165) is 0 Å². The van der Waals surface area contributed by atoms with Crippen molar-refractivity contribution in [3.63, 3.8) is 0 Å². The van der Waals surface area contributed by atoms with E-state index in [1.54, 1.807) is 0 Å². The summed E-state index contributed by atoms with van der Waals surface area (Å²) < 4.78 is 4.43. The van der Waals surface area contributed by atoms with Gasteiger partial charge in [-0.25, -0.2) is 9.59 Å². The van der Waals surface area contributed by atoms with Crippen LogP contribution in [0, 0.1) is 0 Å².